The molecular weight excluding hydrogens is 322 g/mol. The lowest BCUT2D eigenvalue weighted by Gasteiger charge is -2.38. The molecule has 0 spiro atoms. The number of benzene rings is 1. The Kier molecular flexibility index (Phi) is 4.57. The van der Waals surface area contributed by atoms with E-state index in [9.17, 15) is 0 Å². The molecule has 5 nitrogen and oxygen atoms in total. The van der Waals surface area contributed by atoms with E-state index in [1.807, 2.05) is 30.3 Å². The molecule has 24 heavy (non-hydrogen) atoms. The third kappa shape index (κ3) is 3.76. The summed E-state index contributed by atoms with van der Waals surface area (Å²) in [6.07, 6.45) is 4.26. The molecule has 3 rings (SSSR count). The van der Waals surface area contributed by atoms with Gasteiger partial charge in [-0.05, 0) is 56.4 Å². The largest absolute Gasteiger partial charge is 0.497 e. The van der Waals surface area contributed by atoms with E-state index < -0.39 is 0 Å². The van der Waals surface area contributed by atoms with Gasteiger partial charge < -0.3 is 20.1 Å². The fraction of sp³-hybridized carbons (Fsp3) is 0.333. The van der Waals surface area contributed by atoms with E-state index in [-0.39, 0.29) is 11.6 Å². The van der Waals surface area contributed by atoms with Crippen molar-refractivity contribution in [2.45, 2.75) is 31.9 Å². The van der Waals surface area contributed by atoms with E-state index in [0.717, 1.165) is 29.2 Å². The first-order valence-electron chi connectivity index (χ1n) is 7.81. The van der Waals surface area contributed by atoms with Gasteiger partial charge in [0.2, 0.25) is 0 Å². The minimum absolute atomic E-state index is 0.0375. The van der Waals surface area contributed by atoms with Gasteiger partial charge in [0.15, 0.2) is 5.11 Å². The molecule has 2 aromatic rings. The summed E-state index contributed by atoms with van der Waals surface area (Å²) >= 11 is 5.46. The predicted octanol–water partition coefficient (Wildman–Crippen LogP) is 3.68. The van der Waals surface area contributed by atoms with Gasteiger partial charge in [0.25, 0.3) is 0 Å². The quantitative estimate of drug-likeness (QED) is 0.829. The monoisotopic (exact) mass is 343 g/mol. The second-order valence-corrected chi connectivity index (χ2v) is 6.77. The number of aromatic nitrogens is 1. The zero-order chi connectivity index (χ0) is 17.2. The molecule has 2 heterocycles. The van der Waals surface area contributed by atoms with Crippen molar-refractivity contribution in [3.05, 3.63) is 48.3 Å². The third-order valence-corrected chi connectivity index (χ3v) is 4.12. The summed E-state index contributed by atoms with van der Waals surface area (Å²) < 4.78 is 11.4. The highest BCUT2D eigenvalue weighted by atomic mass is 32.1. The number of methoxy groups -OCH3 is 1. The van der Waals surface area contributed by atoms with Crippen LogP contribution >= 0.6 is 12.2 Å². The van der Waals surface area contributed by atoms with Crippen LogP contribution in [-0.4, -0.2) is 22.8 Å². The van der Waals surface area contributed by atoms with Gasteiger partial charge in [-0.25, -0.2) is 0 Å². The standard InChI is InChI=1S/C18H21N3O2S/c1-18(2)10-15(14-9-13(22-3)6-7-16(14)23-18)21-17(24)20-12-5-4-8-19-11-12/h4-9,11,15H,10H2,1-3H3,(H2,20,21,24). The summed E-state index contributed by atoms with van der Waals surface area (Å²) in [4.78, 5) is 4.08. The van der Waals surface area contributed by atoms with Crippen molar-refractivity contribution >= 4 is 23.0 Å². The van der Waals surface area contributed by atoms with Crippen molar-refractivity contribution in [1.29, 1.82) is 0 Å². The van der Waals surface area contributed by atoms with Crippen LogP contribution in [0.1, 0.15) is 31.9 Å². The predicted molar refractivity (Wildman–Crippen MR) is 98.7 cm³/mol. The van der Waals surface area contributed by atoms with Crippen LogP contribution in [0.4, 0.5) is 5.69 Å². The number of hydrogen-bond acceptors (Lipinski definition) is 4. The van der Waals surface area contributed by atoms with E-state index in [1.54, 1.807) is 19.5 Å². The Morgan fingerprint density at radius 2 is 2.21 bits per heavy atom. The first-order chi connectivity index (χ1) is 11.5. The summed E-state index contributed by atoms with van der Waals surface area (Å²) in [5.74, 6) is 1.66. The molecule has 1 aromatic carbocycles. The van der Waals surface area contributed by atoms with E-state index in [4.69, 9.17) is 21.7 Å². The van der Waals surface area contributed by atoms with Crippen LogP contribution in [-0.2, 0) is 0 Å². The molecule has 126 valence electrons. The molecule has 1 unspecified atom stereocenters. The number of nitrogens with zero attached hydrogens (tertiary/aromatic N) is 1. The van der Waals surface area contributed by atoms with E-state index in [2.05, 4.69) is 29.5 Å². The lowest BCUT2D eigenvalue weighted by atomic mass is 9.89. The molecular formula is C18H21N3O2S. The number of anilines is 1. The Balaban J connectivity index is 1.80. The van der Waals surface area contributed by atoms with Gasteiger partial charge in [0.1, 0.15) is 17.1 Å². The number of fused-ring (bicyclic) bond motifs is 1. The Labute approximate surface area is 147 Å². The highest BCUT2D eigenvalue weighted by Gasteiger charge is 2.34. The second-order valence-electron chi connectivity index (χ2n) is 6.36. The summed E-state index contributed by atoms with van der Waals surface area (Å²) in [7, 11) is 1.66. The maximum absolute atomic E-state index is 6.08. The Hall–Kier alpha value is -2.34. The molecule has 1 aromatic heterocycles. The van der Waals surface area contributed by atoms with Crippen molar-refractivity contribution in [1.82, 2.24) is 10.3 Å². The van der Waals surface area contributed by atoms with Gasteiger partial charge in [-0.2, -0.15) is 0 Å². The lowest BCUT2D eigenvalue weighted by Crippen LogP contribution is -2.42. The minimum atomic E-state index is -0.275. The molecule has 2 N–H and O–H groups in total. The SMILES string of the molecule is COc1ccc2c(c1)C(NC(=S)Nc1cccnc1)CC(C)(C)O2. The van der Waals surface area contributed by atoms with Gasteiger partial charge in [0, 0.05) is 18.2 Å². The fourth-order valence-corrected chi connectivity index (χ4v) is 3.11. The number of rotatable bonds is 3. The van der Waals surface area contributed by atoms with Crippen molar-refractivity contribution in [3.8, 4) is 11.5 Å². The number of hydrogen-bond donors (Lipinski definition) is 2. The lowest BCUT2D eigenvalue weighted by molar-refractivity contribution is 0.0695. The maximum atomic E-state index is 6.08. The molecule has 1 aliphatic heterocycles. The smallest absolute Gasteiger partial charge is 0.171 e. The highest BCUT2D eigenvalue weighted by Crippen LogP contribution is 2.41. The topological polar surface area (TPSA) is 55.4 Å². The maximum Gasteiger partial charge on any atom is 0.171 e. The molecule has 0 aliphatic carbocycles. The highest BCUT2D eigenvalue weighted by molar-refractivity contribution is 7.80. The molecule has 1 aliphatic rings. The van der Waals surface area contributed by atoms with Crippen LogP contribution in [0.25, 0.3) is 0 Å². The van der Waals surface area contributed by atoms with Crippen molar-refractivity contribution in [2.75, 3.05) is 12.4 Å². The normalized spacial score (nSPS) is 18.0. The van der Waals surface area contributed by atoms with Crippen LogP contribution in [0.15, 0.2) is 42.7 Å². The molecule has 0 radical (unpaired) electrons. The number of nitrogens with one attached hydrogen (secondary N) is 2. The molecule has 0 fully saturated rings. The minimum Gasteiger partial charge on any atom is -0.497 e. The molecule has 0 amide bonds. The van der Waals surface area contributed by atoms with Crippen LogP contribution in [0.3, 0.4) is 0 Å². The first-order valence-corrected chi connectivity index (χ1v) is 8.22. The fourth-order valence-electron chi connectivity index (χ4n) is 2.85. The average Bonchev–Trinajstić information content (AvgIpc) is 2.54. The molecule has 6 heteroatoms. The van der Waals surface area contributed by atoms with Gasteiger partial charge in [-0.15, -0.1) is 0 Å². The summed E-state index contributed by atoms with van der Waals surface area (Å²) in [6, 6.07) is 9.67. The van der Waals surface area contributed by atoms with Crippen LogP contribution in [0, 0.1) is 0 Å². The first kappa shape index (κ1) is 16.5. The number of thiocarbonyl (C=S) groups is 1. The number of pyridine rings is 1. The molecule has 0 bridgehead atoms. The van der Waals surface area contributed by atoms with E-state index in [0.29, 0.717) is 5.11 Å². The van der Waals surface area contributed by atoms with Gasteiger partial charge in [-0.3, -0.25) is 4.98 Å². The van der Waals surface area contributed by atoms with E-state index in [1.165, 1.54) is 0 Å². The van der Waals surface area contributed by atoms with Gasteiger partial charge >= 0.3 is 0 Å². The summed E-state index contributed by atoms with van der Waals surface area (Å²) in [5.41, 5.74) is 1.62. The van der Waals surface area contributed by atoms with E-state index >= 15 is 0 Å². The van der Waals surface area contributed by atoms with Gasteiger partial charge in [-0.1, -0.05) is 0 Å². The number of ether oxygens (including phenoxy) is 2. The Morgan fingerprint density at radius 3 is 2.92 bits per heavy atom. The molecule has 1 atom stereocenters. The van der Waals surface area contributed by atoms with Crippen LogP contribution in [0.2, 0.25) is 0 Å². The molecule has 0 saturated heterocycles. The third-order valence-electron chi connectivity index (χ3n) is 3.90. The summed E-state index contributed by atoms with van der Waals surface area (Å²) in [5, 5.41) is 7.10. The zero-order valence-corrected chi connectivity index (χ0v) is 14.8. The van der Waals surface area contributed by atoms with Crippen molar-refractivity contribution in [2.24, 2.45) is 0 Å². The van der Waals surface area contributed by atoms with Crippen molar-refractivity contribution in [3.63, 3.8) is 0 Å². The Bertz CT molecular complexity index is 734. The van der Waals surface area contributed by atoms with Crippen LogP contribution < -0.4 is 20.1 Å². The summed E-state index contributed by atoms with van der Waals surface area (Å²) in [6.45, 7) is 4.15. The average molecular weight is 343 g/mol. The molecule has 0 saturated carbocycles. The second kappa shape index (κ2) is 6.65. The Morgan fingerprint density at radius 1 is 1.38 bits per heavy atom. The van der Waals surface area contributed by atoms with Crippen molar-refractivity contribution < 1.29 is 9.47 Å². The van der Waals surface area contributed by atoms with Gasteiger partial charge in [0.05, 0.1) is 25.0 Å². The van der Waals surface area contributed by atoms with Crippen LogP contribution in [0.5, 0.6) is 11.5 Å². The zero-order valence-electron chi connectivity index (χ0n) is 14.0.